The van der Waals surface area contributed by atoms with E-state index in [4.69, 9.17) is 0 Å². The van der Waals surface area contributed by atoms with E-state index in [0.717, 1.165) is 25.1 Å². The Morgan fingerprint density at radius 1 is 1.28 bits per heavy atom. The van der Waals surface area contributed by atoms with E-state index in [9.17, 15) is 8.42 Å². The lowest BCUT2D eigenvalue weighted by molar-refractivity contribution is 0.328. The number of para-hydroxylation sites is 1. The van der Waals surface area contributed by atoms with E-state index in [1.165, 1.54) is 0 Å². The van der Waals surface area contributed by atoms with Crippen LogP contribution >= 0.6 is 12.4 Å². The van der Waals surface area contributed by atoms with Gasteiger partial charge < -0.3 is 5.32 Å². The Bertz CT molecular complexity index is 529. The standard InChI is InChI=1S/C11H15N3O2S.ClH/c15-17(16)13-11-4-2-1-3-9(11)8-14(17)10-5-6-12-7-10;/h1-4,10,12-13H,5-8H2;1H. The number of nitrogens with zero attached hydrogens (tertiary/aromatic N) is 1. The Kier molecular flexibility index (Phi) is 3.82. The van der Waals surface area contributed by atoms with Crippen molar-refractivity contribution >= 4 is 28.3 Å². The minimum Gasteiger partial charge on any atom is -0.315 e. The number of benzene rings is 1. The fourth-order valence-corrected chi connectivity index (χ4v) is 3.89. The monoisotopic (exact) mass is 289 g/mol. The molecule has 1 saturated heterocycles. The molecular weight excluding hydrogens is 274 g/mol. The molecule has 1 fully saturated rings. The van der Waals surface area contributed by atoms with Gasteiger partial charge in [-0.1, -0.05) is 18.2 Å². The van der Waals surface area contributed by atoms with E-state index < -0.39 is 10.2 Å². The smallest absolute Gasteiger partial charge is 0.302 e. The summed E-state index contributed by atoms with van der Waals surface area (Å²) >= 11 is 0. The predicted molar refractivity (Wildman–Crippen MR) is 73.1 cm³/mol. The van der Waals surface area contributed by atoms with Crippen molar-refractivity contribution in [1.82, 2.24) is 9.62 Å². The summed E-state index contributed by atoms with van der Waals surface area (Å²) in [6.45, 7) is 2.10. The van der Waals surface area contributed by atoms with Crippen LogP contribution in [0.15, 0.2) is 24.3 Å². The number of nitrogens with one attached hydrogen (secondary N) is 2. The van der Waals surface area contributed by atoms with Gasteiger partial charge in [-0.3, -0.25) is 4.72 Å². The molecule has 2 aliphatic rings. The summed E-state index contributed by atoms with van der Waals surface area (Å²) in [6, 6.07) is 7.61. The van der Waals surface area contributed by atoms with Crippen LogP contribution in [0.3, 0.4) is 0 Å². The third kappa shape index (κ3) is 2.33. The minimum atomic E-state index is -3.38. The van der Waals surface area contributed by atoms with Gasteiger partial charge in [0.1, 0.15) is 0 Å². The molecule has 1 atom stereocenters. The fourth-order valence-electron chi connectivity index (χ4n) is 2.42. The summed E-state index contributed by atoms with van der Waals surface area (Å²) in [7, 11) is -3.38. The first-order valence-electron chi connectivity index (χ1n) is 5.75. The van der Waals surface area contributed by atoms with Crippen molar-refractivity contribution in [3.8, 4) is 0 Å². The molecule has 0 radical (unpaired) electrons. The minimum absolute atomic E-state index is 0. The molecule has 0 bridgehead atoms. The highest BCUT2D eigenvalue weighted by atomic mass is 35.5. The molecular formula is C11H16ClN3O2S. The first kappa shape index (κ1) is 13.6. The van der Waals surface area contributed by atoms with E-state index in [1.54, 1.807) is 10.4 Å². The van der Waals surface area contributed by atoms with Crippen LogP contribution in [-0.4, -0.2) is 31.9 Å². The molecule has 0 spiro atoms. The molecule has 0 aromatic heterocycles. The molecule has 3 rings (SSSR count). The molecule has 2 N–H and O–H groups in total. The second-order valence-corrected chi connectivity index (χ2v) is 6.08. The fraction of sp³-hybridized carbons (Fsp3) is 0.455. The summed E-state index contributed by atoms with van der Waals surface area (Å²) in [4.78, 5) is 0. The summed E-state index contributed by atoms with van der Waals surface area (Å²) < 4.78 is 28.4. The maximum atomic E-state index is 12.1. The number of hydrogen-bond acceptors (Lipinski definition) is 3. The quantitative estimate of drug-likeness (QED) is 0.809. The van der Waals surface area contributed by atoms with Gasteiger partial charge in [0.25, 0.3) is 0 Å². The van der Waals surface area contributed by atoms with Crippen LogP contribution in [0.4, 0.5) is 5.69 Å². The van der Waals surface area contributed by atoms with Gasteiger partial charge in [-0.25, -0.2) is 0 Å². The van der Waals surface area contributed by atoms with Crippen LogP contribution in [-0.2, 0) is 16.8 Å². The Hall–Kier alpha value is -0.820. The highest BCUT2D eigenvalue weighted by Gasteiger charge is 2.35. The lowest BCUT2D eigenvalue weighted by atomic mass is 10.1. The van der Waals surface area contributed by atoms with Crippen molar-refractivity contribution in [3.63, 3.8) is 0 Å². The number of rotatable bonds is 1. The number of halogens is 1. The van der Waals surface area contributed by atoms with Gasteiger partial charge in [0.2, 0.25) is 0 Å². The first-order chi connectivity index (χ1) is 8.17. The Labute approximate surface area is 113 Å². The van der Waals surface area contributed by atoms with Crippen LogP contribution in [0.5, 0.6) is 0 Å². The average molecular weight is 290 g/mol. The normalized spacial score (nSPS) is 25.9. The van der Waals surface area contributed by atoms with Crippen LogP contribution < -0.4 is 10.0 Å². The second-order valence-electron chi connectivity index (χ2n) is 4.46. The highest BCUT2D eigenvalue weighted by Crippen LogP contribution is 2.28. The number of fused-ring (bicyclic) bond motifs is 1. The molecule has 18 heavy (non-hydrogen) atoms. The SMILES string of the molecule is Cl.O=S1(=O)Nc2ccccc2CN1C1CCNC1. The van der Waals surface area contributed by atoms with E-state index in [-0.39, 0.29) is 18.4 Å². The van der Waals surface area contributed by atoms with Crippen LogP contribution in [0, 0.1) is 0 Å². The molecule has 0 saturated carbocycles. The molecule has 2 aliphatic heterocycles. The van der Waals surface area contributed by atoms with Crippen LogP contribution in [0.25, 0.3) is 0 Å². The van der Waals surface area contributed by atoms with Crippen molar-refractivity contribution < 1.29 is 8.42 Å². The zero-order chi connectivity index (χ0) is 11.9. The summed E-state index contributed by atoms with van der Waals surface area (Å²) in [5.74, 6) is 0. The largest absolute Gasteiger partial charge is 0.315 e. The molecule has 2 heterocycles. The van der Waals surface area contributed by atoms with Gasteiger partial charge >= 0.3 is 10.2 Å². The third-order valence-electron chi connectivity index (χ3n) is 3.33. The third-order valence-corrected chi connectivity index (χ3v) is 4.86. The zero-order valence-electron chi connectivity index (χ0n) is 9.80. The Morgan fingerprint density at radius 2 is 2.06 bits per heavy atom. The molecule has 1 unspecified atom stereocenters. The van der Waals surface area contributed by atoms with Gasteiger partial charge in [0.15, 0.2) is 0 Å². The van der Waals surface area contributed by atoms with Crippen molar-refractivity contribution in [2.45, 2.75) is 19.0 Å². The van der Waals surface area contributed by atoms with Crippen molar-refractivity contribution in [2.24, 2.45) is 0 Å². The molecule has 1 aromatic carbocycles. The second kappa shape index (κ2) is 5.05. The maximum absolute atomic E-state index is 12.1. The molecule has 0 aliphatic carbocycles. The lowest BCUT2D eigenvalue weighted by Gasteiger charge is -2.32. The summed E-state index contributed by atoms with van der Waals surface area (Å²) in [5.41, 5.74) is 1.74. The maximum Gasteiger partial charge on any atom is 0.302 e. The highest BCUT2D eigenvalue weighted by molar-refractivity contribution is 7.90. The van der Waals surface area contributed by atoms with Crippen LogP contribution in [0.1, 0.15) is 12.0 Å². The average Bonchev–Trinajstić information content (AvgIpc) is 2.80. The van der Waals surface area contributed by atoms with Crippen molar-refractivity contribution in [1.29, 1.82) is 0 Å². The molecule has 7 heteroatoms. The van der Waals surface area contributed by atoms with E-state index >= 15 is 0 Å². The van der Waals surface area contributed by atoms with Crippen LogP contribution in [0.2, 0.25) is 0 Å². The van der Waals surface area contributed by atoms with Gasteiger partial charge in [-0.2, -0.15) is 12.7 Å². The zero-order valence-corrected chi connectivity index (χ0v) is 11.4. The Balaban J connectivity index is 0.00000120. The van der Waals surface area contributed by atoms with Crippen molar-refractivity contribution in [3.05, 3.63) is 29.8 Å². The van der Waals surface area contributed by atoms with Crippen molar-refractivity contribution in [2.75, 3.05) is 17.8 Å². The van der Waals surface area contributed by atoms with E-state index in [1.807, 2.05) is 18.2 Å². The van der Waals surface area contributed by atoms with Gasteiger partial charge in [0.05, 0.1) is 5.69 Å². The molecule has 0 amide bonds. The molecule has 1 aromatic rings. The Morgan fingerprint density at radius 3 is 2.78 bits per heavy atom. The van der Waals surface area contributed by atoms with E-state index in [0.29, 0.717) is 12.2 Å². The lowest BCUT2D eigenvalue weighted by Crippen LogP contribution is -2.46. The van der Waals surface area contributed by atoms with Gasteiger partial charge in [0, 0.05) is 19.1 Å². The summed E-state index contributed by atoms with van der Waals surface area (Å²) in [5, 5.41) is 3.20. The number of anilines is 1. The van der Waals surface area contributed by atoms with Gasteiger partial charge in [-0.15, -0.1) is 12.4 Å². The van der Waals surface area contributed by atoms with E-state index in [2.05, 4.69) is 10.0 Å². The first-order valence-corrected chi connectivity index (χ1v) is 7.19. The molecule has 100 valence electrons. The predicted octanol–water partition coefficient (Wildman–Crippen LogP) is 0.943. The van der Waals surface area contributed by atoms with Gasteiger partial charge in [-0.05, 0) is 24.6 Å². The number of hydrogen-bond donors (Lipinski definition) is 2. The summed E-state index contributed by atoms with van der Waals surface area (Å²) in [6.07, 6.45) is 0.878. The topological polar surface area (TPSA) is 61.4 Å². The molecule has 5 nitrogen and oxygen atoms in total.